The molecule has 4 aromatic rings. The number of benzene rings is 2. The molecule has 0 aliphatic heterocycles. The van der Waals surface area contributed by atoms with Crippen molar-refractivity contribution in [2.24, 2.45) is 11.5 Å². The number of hydrogen-bond acceptors (Lipinski definition) is 8. The molecule has 0 fully saturated rings. The van der Waals surface area contributed by atoms with Crippen molar-refractivity contribution in [3.63, 3.8) is 0 Å². The van der Waals surface area contributed by atoms with E-state index in [0.717, 1.165) is 0 Å². The minimum absolute atomic E-state index is 0. The molecule has 0 aliphatic carbocycles. The van der Waals surface area contributed by atoms with Gasteiger partial charge in [0, 0.05) is 89.9 Å². The number of hydrogen-bond donors (Lipinski definition) is 4. The Morgan fingerprint density at radius 2 is 1.00 bits per heavy atom. The molecule has 2 aromatic carbocycles. The molecular weight excluding hydrogens is 846 g/mol. The van der Waals surface area contributed by atoms with Gasteiger partial charge in [-0.15, -0.1) is 59.9 Å². The van der Waals surface area contributed by atoms with Gasteiger partial charge in [0.05, 0.1) is 0 Å². The second-order valence-corrected chi connectivity index (χ2v) is 6.63. The van der Waals surface area contributed by atoms with Gasteiger partial charge in [-0.05, 0) is 12.4 Å². The first kappa shape index (κ1) is 34.3. The van der Waals surface area contributed by atoms with Crippen LogP contribution in [0.3, 0.4) is 0 Å². The summed E-state index contributed by atoms with van der Waals surface area (Å²) in [6.45, 7) is 0. The molecule has 4 rings (SSSR count). The maximum absolute atomic E-state index is 5.89. The third-order valence-corrected chi connectivity index (χ3v) is 4.21. The zero-order chi connectivity index (χ0) is 23.6. The van der Waals surface area contributed by atoms with Crippen molar-refractivity contribution in [3.05, 3.63) is 122 Å². The molecule has 0 bridgehead atoms. The molecule has 10 N–H and O–H groups in total. The molecule has 0 spiro atoms. The first-order chi connectivity index (χ1) is 16.7. The van der Waals surface area contributed by atoms with Crippen LogP contribution < -0.4 is 31.6 Å². The van der Waals surface area contributed by atoms with Gasteiger partial charge in [0.25, 0.3) is 0 Å². The predicted molar refractivity (Wildman–Crippen MR) is 140 cm³/mol. The number of pyridine rings is 2. The molecule has 38 heavy (non-hydrogen) atoms. The van der Waals surface area contributed by atoms with Gasteiger partial charge in [-0.25, -0.2) is 0 Å². The number of nitrogens with zero attached hydrogens (tertiary/aromatic N) is 2. The topological polar surface area (TPSA) is 187 Å². The number of rotatable bonds is 9. The standard InChI is InChI=1S/C26H20N6O2.2H2N.2Pt/c27-9-13-29-19-3-1-5-21(15-19)33-23-7-11-31-25(17-23)26-18-24(8-12-32-26)34-22-6-2-4-20(16-22)30-14-10-28;;;;/h1-14,29-30H,27-28H2;2*1H2;;/q-4;2*-1;;/b13-9-,14-10-;;;;. The maximum atomic E-state index is 5.89. The van der Waals surface area contributed by atoms with Crippen LogP contribution >= 0.6 is 0 Å². The zero-order valence-electron chi connectivity index (χ0n) is 19.7. The van der Waals surface area contributed by atoms with Crippen molar-refractivity contribution in [2.75, 3.05) is 10.6 Å². The van der Waals surface area contributed by atoms with Gasteiger partial charge in [0.2, 0.25) is 0 Å². The first-order valence-corrected chi connectivity index (χ1v) is 10.2. The van der Waals surface area contributed by atoms with Gasteiger partial charge in [-0.3, -0.25) is 0 Å². The number of nitrogens with one attached hydrogen (secondary N) is 2. The van der Waals surface area contributed by atoms with Crippen molar-refractivity contribution < 1.29 is 51.6 Å². The van der Waals surface area contributed by atoms with E-state index in [9.17, 15) is 0 Å². The second-order valence-electron chi connectivity index (χ2n) is 6.63. The predicted octanol–water partition coefficient (Wildman–Crippen LogP) is 6.04. The fourth-order valence-electron chi connectivity index (χ4n) is 2.80. The first-order valence-electron chi connectivity index (χ1n) is 10.2. The maximum Gasteiger partial charge on any atom is 0.0148 e. The molecule has 0 amide bonds. The van der Waals surface area contributed by atoms with Crippen LogP contribution in [0.1, 0.15) is 0 Å². The largest absolute Gasteiger partial charge is 0.693 e. The Kier molecular flexibility index (Phi) is 16.0. The quantitative estimate of drug-likeness (QED) is 0.147. The molecule has 0 saturated heterocycles. The van der Waals surface area contributed by atoms with Crippen molar-refractivity contribution >= 4 is 11.4 Å². The van der Waals surface area contributed by atoms with Crippen molar-refractivity contribution in [1.29, 1.82) is 0 Å². The summed E-state index contributed by atoms with van der Waals surface area (Å²) < 4.78 is 11.8. The average molecular weight is 871 g/mol. The molecule has 12 heteroatoms. The average Bonchev–Trinajstić information content (AvgIpc) is 2.87. The fraction of sp³-hybridized carbons (Fsp3) is 0. The van der Waals surface area contributed by atoms with E-state index in [4.69, 9.17) is 20.9 Å². The summed E-state index contributed by atoms with van der Waals surface area (Å²) in [6, 6.07) is 26.7. The summed E-state index contributed by atoms with van der Waals surface area (Å²) in [5.74, 6) is 1.92. The molecule has 206 valence electrons. The SMILES string of the molecule is N/C=C\Nc1[c-]c(Oc2[c-]c(-c3[c-]c(Oc4[c-]c(N/C=C\N)ccc4)ccn3)ncc2)ccc1.[NH2-].[NH2-].[Pt].[Pt]. The van der Waals surface area contributed by atoms with E-state index in [1.807, 2.05) is 24.3 Å². The zero-order valence-corrected chi connectivity index (χ0v) is 24.3. The van der Waals surface area contributed by atoms with Crippen LogP contribution in [0.25, 0.3) is 23.7 Å². The summed E-state index contributed by atoms with van der Waals surface area (Å²) in [4.78, 5) is 8.68. The van der Waals surface area contributed by atoms with Crippen LogP contribution in [0, 0.1) is 24.3 Å². The molecule has 0 saturated carbocycles. The van der Waals surface area contributed by atoms with Crippen molar-refractivity contribution in [1.82, 2.24) is 9.97 Å². The molecular formula is C26H24N8O2Pt2-6. The van der Waals surface area contributed by atoms with E-state index in [2.05, 4.69) is 44.9 Å². The third kappa shape index (κ3) is 9.99. The Bertz CT molecular complexity index is 1220. The Morgan fingerprint density at radius 3 is 1.39 bits per heavy atom. The molecule has 0 aliphatic rings. The monoisotopic (exact) mass is 870 g/mol. The Morgan fingerprint density at radius 1 is 0.605 bits per heavy atom. The molecule has 2 heterocycles. The van der Waals surface area contributed by atoms with E-state index in [0.29, 0.717) is 45.8 Å². The Balaban J connectivity index is 0.00000342. The molecule has 2 aromatic heterocycles. The van der Waals surface area contributed by atoms with Crippen molar-refractivity contribution in [2.45, 2.75) is 0 Å². The number of ether oxygens (including phenoxy) is 2. The van der Waals surface area contributed by atoms with Crippen LogP contribution in [0.5, 0.6) is 23.0 Å². The van der Waals surface area contributed by atoms with Gasteiger partial charge in [-0.1, -0.05) is 11.4 Å². The van der Waals surface area contributed by atoms with E-state index < -0.39 is 0 Å². The Hall–Kier alpha value is -3.68. The van der Waals surface area contributed by atoms with Crippen LogP contribution in [-0.4, -0.2) is 9.97 Å². The number of nitrogens with two attached hydrogens (primary N) is 4. The van der Waals surface area contributed by atoms with E-state index >= 15 is 0 Å². The summed E-state index contributed by atoms with van der Waals surface area (Å²) in [6.07, 6.45) is 9.22. The van der Waals surface area contributed by atoms with Gasteiger partial charge in [0.1, 0.15) is 0 Å². The van der Waals surface area contributed by atoms with Crippen molar-refractivity contribution in [3.8, 4) is 34.4 Å². The summed E-state index contributed by atoms with van der Waals surface area (Å²) in [5.41, 5.74) is 13.0. The fourth-order valence-corrected chi connectivity index (χ4v) is 2.80. The smallest absolute Gasteiger partial charge is 0.0148 e. The minimum Gasteiger partial charge on any atom is -0.693 e. The van der Waals surface area contributed by atoms with Crippen LogP contribution in [-0.2, 0) is 42.1 Å². The molecule has 0 unspecified atom stereocenters. The van der Waals surface area contributed by atoms with Crippen LogP contribution in [0.15, 0.2) is 85.7 Å². The number of aromatic nitrogens is 2. The second kappa shape index (κ2) is 17.7. The van der Waals surface area contributed by atoms with E-state index in [1.54, 1.807) is 49.1 Å². The third-order valence-electron chi connectivity index (χ3n) is 4.21. The van der Waals surface area contributed by atoms with E-state index in [-0.39, 0.29) is 54.4 Å². The molecule has 10 nitrogen and oxygen atoms in total. The van der Waals surface area contributed by atoms with Gasteiger partial charge in [0.15, 0.2) is 0 Å². The van der Waals surface area contributed by atoms with Crippen LogP contribution in [0.2, 0.25) is 0 Å². The van der Waals surface area contributed by atoms with Gasteiger partial charge in [-0.2, -0.15) is 24.3 Å². The van der Waals surface area contributed by atoms with Gasteiger partial charge < -0.3 is 53.8 Å². The minimum atomic E-state index is 0. The normalized spacial score (nSPS) is 9.79. The molecule has 0 radical (unpaired) electrons. The summed E-state index contributed by atoms with van der Waals surface area (Å²) in [5, 5.41) is 5.98. The molecule has 0 atom stereocenters. The van der Waals surface area contributed by atoms with E-state index in [1.165, 1.54) is 12.4 Å². The van der Waals surface area contributed by atoms with Gasteiger partial charge >= 0.3 is 0 Å². The number of anilines is 2. The summed E-state index contributed by atoms with van der Waals surface area (Å²) in [7, 11) is 0. The Labute approximate surface area is 250 Å². The van der Waals surface area contributed by atoms with Crippen LogP contribution in [0.4, 0.5) is 11.4 Å². The summed E-state index contributed by atoms with van der Waals surface area (Å²) >= 11 is 0.